The van der Waals surface area contributed by atoms with Gasteiger partial charge in [-0.05, 0) is 43.5 Å². The number of aromatic nitrogens is 2. The predicted octanol–water partition coefficient (Wildman–Crippen LogP) is 2.48. The number of aryl methyl sites for hydroxylation is 2. The van der Waals surface area contributed by atoms with Crippen molar-refractivity contribution in [2.24, 2.45) is 12.8 Å². The summed E-state index contributed by atoms with van der Waals surface area (Å²) in [6.07, 6.45) is 1.82. The van der Waals surface area contributed by atoms with Crippen LogP contribution in [-0.4, -0.2) is 16.7 Å². The number of hydrogen-bond acceptors (Lipinski definition) is 3. The fraction of sp³-hybridized carbons (Fsp3) is 0.400. The Morgan fingerprint density at radius 2 is 1.95 bits per heavy atom. The van der Waals surface area contributed by atoms with Crippen molar-refractivity contribution in [3.8, 4) is 17.0 Å². The SMILES string of the molecule is COc1cc(C)c(-c2c(CN)ncn2C)c(C)c1C. The van der Waals surface area contributed by atoms with Gasteiger partial charge in [0.2, 0.25) is 0 Å². The van der Waals surface area contributed by atoms with Crippen LogP contribution < -0.4 is 10.5 Å². The van der Waals surface area contributed by atoms with Gasteiger partial charge in [0.05, 0.1) is 24.8 Å². The van der Waals surface area contributed by atoms with Crippen LogP contribution in [0.2, 0.25) is 0 Å². The Hall–Kier alpha value is -1.81. The molecule has 0 atom stereocenters. The first-order valence-corrected chi connectivity index (χ1v) is 6.36. The fourth-order valence-corrected chi connectivity index (χ4v) is 2.57. The van der Waals surface area contributed by atoms with Crippen LogP contribution in [0.5, 0.6) is 5.75 Å². The Kier molecular flexibility index (Phi) is 3.62. The minimum absolute atomic E-state index is 0.445. The molecule has 2 N–H and O–H groups in total. The second-order valence-corrected chi connectivity index (χ2v) is 4.88. The largest absolute Gasteiger partial charge is 0.496 e. The molecule has 0 radical (unpaired) electrons. The second-order valence-electron chi connectivity index (χ2n) is 4.88. The highest BCUT2D eigenvalue weighted by Gasteiger charge is 2.18. The molecule has 0 saturated carbocycles. The van der Waals surface area contributed by atoms with Gasteiger partial charge < -0.3 is 15.0 Å². The van der Waals surface area contributed by atoms with Gasteiger partial charge in [0, 0.05) is 19.2 Å². The second kappa shape index (κ2) is 5.05. The highest BCUT2D eigenvalue weighted by molar-refractivity contribution is 5.73. The Balaban J connectivity index is 2.76. The maximum atomic E-state index is 5.80. The van der Waals surface area contributed by atoms with E-state index >= 15 is 0 Å². The fourth-order valence-electron chi connectivity index (χ4n) is 2.57. The van der Waals surface area contributed by atoms with Crippen LogP contribution in [0.3, 0.4) is 0 Å². The van der Waals surface area contributed by atoms with E-state index in [-0.39, 0.29) is 0 Å². The van der Waals surface area contributed by atoms with Crippen LogP contribution in [0.15, 0.2) is 12.4 Å². The molecule has 1 aromatic carbocycles. The molecular formula is C15H21N3O. The molecule has 0 aliphatic heterocycles. The Bertz CT molecular complexity index is 614. The molecule has 0 aliphatic carbocycles. The van der Waals surface area contributed by atoms with Gasteiger partial charge >= 0.3 is 0 Å². The van der Waals surface area contributed by atoms with E-state index in [1.807, 2.05) is 17.9 Å². The molecular weight excluding hydrogens is 238 g/mol. The third-order valence-corrected chi connectivity index (χ3v) is 3.71. The van der Waals surface area contributed by atoms with E-state index in [0.29, 0.717) is 6.54 Å². The molecule has 0 amide bonds. The van der Waals surface area contributed by atoms with E-state index in [1.165, 1.54) is 16.7 Å². The number of ether oxygens (including phenoxy) is 1. The molecule has 0 saturated heterocycles. The maximum Gasteiger partial charge on any atom is 0.122 e. The monoisotopic (exact) mass is 259 g/mol. The Morgan fingerprint density at radius 1 is 1.26 bits per heavy atom. The quantitative estimate of drug-likeness (QED) is 0.921. The van der Waals surface area contributed by atoms with Crippen LogP contribution in [0.1, 0.15) is 22.4 Å². The maximum absolute atomic E-state index is 5.80. The molecule has 102 valence electrons. The molecule has 0 fully saturated rings. The summed E-state index contributed by atoms with van der Waals surface area (Å²) in [5, 5.41) is 0. The first-order valence-electron chi connectivity index (χ1n) is 6.36. The van der Waals surface area contributed by atoms with Crippen molar-refractivity contribution in [2.75, 3.05) is 7.11 Å². The summed E-state index contributed by atoms with van der Waals surface area (Å²) in [6, 6.07) is 2.07. The minimum Gasteiger partial charge on any atom is -0.496 e. The molecule has 4 nitrogen and oxygen atoms in total. The lowest BCUT2D eigenvalue weighted by Gasteiger charge is -2.17. The number of methoxy groups -OCH3 is 1. The average molecular weight is 259 g/mol. The van der Waals surface area contributed by atoms with Crippen LogP contribution in [-0.2, 0) is 13.6 Å². The zero-order valence-corrected chi connectivity index (χ0v) is 12.2. The number of hydrogen-bond donors (Lipinski definition) is 1. The van der Waals surface area contributed by atoms with E-state index in [2.05, 4.69) is 31.8 Å². The molecule has 4 heteroatoms. The highest BCUT2D eigenvalue weighted by atomic mass is 16.5. The van der Waals surface area contributed by atoms with E-state index in [0.717, 1.165) is 22.7 Å². The van der Waals surface area contributed by atoms with Crippen LogP contribution in [0, 0.1) is 20.8 Å². The zero-order chi connectivity index (χ0) is 14.2. The molecule has 1 aromatic heterocycles. The summed E-state index contributed by atoms with van der Waals surface area (Å²) in [5.74, 6) is 0.926. The third-order valence-electron chi connectivity index (χ3n) is 3.71. The van der Waals surface area contributed by atoms with Gasteiger partial charge in [-0.1, -0.05) is 0 Å². The first kappa shape index (κ1) is 13.6. The van der Waals surface area contributed by atoms with Gasteiger partial charge in [-0.15, -0.1) is 0 Å². The standard InChI is InChI=1S/C15H21N3O/c1-9-6-13(19-5)10(2)11(3)14(9)15-12(7-16)17-8-18(15)4/h6,8H,7,16H2,1-5H3. The third kappa shape index (κ3) is 2.12. The molecule has 0 spiro atoms. The summed E-state index contributed by atoms with van der Waals surface area (Å²) >= 11 is 0. The molecule has 1 heterocycles. The lowest BCUT2D eigenvalue weighted by molar-refractivity contribution is 0.411. The summed E-state index contributed by atoms with van der Waals surface area (Å²) in [7, 11) is 3.70. The van der Waals surface area contributed by atoms with Crippen LogP contribution >= 0.6 is 0 Å². The number of nitrogens with zero attached hydrogens (tertiary/aromatic N) is 2. The van der Waals surface area contributed by atoms with Gasteiger partial charge in [-0.25, -0.2) is 4.98 Å². The highest BCUT2D eigenvalue weighted by Crippen LogP contribution is 2.35. The lowest BCUT2D eigenvalue weighted by atomic mass is 9.94. The Labute approximate surface area is 114 Å². The van der Waals surface area contributed by atoms with Gasteiger partial charge in [-0.2, -0.15) is 0 Å². The lowest BCUT2D eigenvalue weighted by Crippen LogP contribution is -2.04. The average Bonchev–Trinajstić information content (AvgIpc) is 2.75. The van der Waals surface area contributed by atoms with Crippen molar-refractivity contribution >= 4 is 0 Å². The molecule has 0 bridgehead atoms. The summed E-state index contributed by atoms with van der Waals surface area (Å²) < 4.78 is 7.45. The van der Waals surface area contributed by atoms with Crippen molar-refractivity contribution in [3.63, 3.8) is 0 Å². The zero-order valence-electron chi connectivity index (χ0n) is 12.2. The van der Waals surface area contributed by atoms with Gasteiger partial charge in [0.15, 0.2) is 0 Å². The molecule has 2 rings (SSSR count). The van der Waals surface area contributed by atoms with Crippen molar-refractivity contribution in [3.05, 3.63) is 34.8 Å². The molecule has 19 heavy (non-hydrogen) atoms. The predicted molar refractivity (Wildman–Crippen MR) is 77.3 cm³/mol. The van der Waals surface area contributed by atoms with Crippen molar-refractivity contribution in [2.45, 2.75) is 27.3 Å². The van der Waals surface area contributed by atoms with Gasteiger partial charge in [0.1, 0.15) is 5.75 Å². The van der Waals surface area contributed by atoms with Crippen LogP contribution in [0.4, 0.5) is 0 Å². The van der Waals surface area contributed by atoms with Crippen molar-refractivity contribution in [1.29, 1.82) is 0 Å². The number of imidazole rings is 1. The number of nitrogens with two attached hydrogens (primary N) is 1. The van der Waals surface area contributed by atoms with Crippen molar-refractivity contribution in [1.82, 2.24) is 9.55 Å². The van der Waals surface area contributed by atoms with E-state index in [1.54, 1.807) is 7.11 Å². The first-order chi connectivity index (χ1) is 9.01. The summed E-state index contributed by atoms with van der Waals surface area (Å²) in [6.45, 7) is 6.74. The minimum atomic E-state index is 0.445. The van der Waals surface area contributed by atoms with E-state index in [4.69, 9.17) is 10.5 Å². The summed E-state index contributed by atoms with van der Waals surface area (Å²) in [5.41, 5.74) is 12.6. The summed E-state index contributed by atoms with van der Waals surface area (Å²) in [4.78, 5) is 4.37. The van der Waals surface area contributed by atoms with Gasteiger partial charge in [-0.3, -0.25) is 0 Å². The number of rotatable bonds is 3. The van der Waals surface area contributed by atoms with Crippen molar-refractivity contribution < 1.29 is 4.74 Å². The number of benzene rings is 1. The molecule has 0 aliphatic rings. The topological polar surface area (TPSA) is 53.1 Å². The normalized spacial score (nSPS) is 10.8. The van der Waals surface area contributed by atoms with E-state index in [9.17, 15) is 0 Å². The molecule has 0 unspecified atom stereocenters. The Morgan fingerprint density at radius 3 is 2.53 bits per heavy atom. The smallest absolute Gasteiger partial charge is 0.122 e. The van der Waals surface area contributed by atoms with Gasteiger partial charge in [0.25, 0.3) is 0 Å². The molecule has 2 aromatic rings. The van der Waals surface area contributed by atoms with Crippen LogP contribution in [0.25, 0.3) is 11.3 Å². The van der Waals surface area contributed by atoms with E-state index < -0.39 is 0 Å².